The summed E-state index contributed by atoms with van der Waals surface area (Å²) in [5.74, 6) is 1.57. The first-order valence-electron chi connectivity index (χ1n) is 7.84. The SMILES string of the molecule is CN(Cc1ccc(Oc2ccccc2)cc1)NC(=O)OC(C)(C)C. The third-order valence-corrected chi connectivity index (χ3v) is 3.00. The Morgan fingerprint density at radius 3 is 2.17 bits per heavy atom. The van der Waals surface area contributed by atoms with Crippen LogP contribution < -0.4 is 10.2 Å². The van der Waals surface area contributed by atoms with Crippen LogP contribution in [0.1, 0.15) is 26.3 Å². The lowest BCUT2D eigenvalue weighted by Crippen LogP contribution is -2.42. The maximum atomic E-state index is 11.7. The molecule has 0 aliphatic heterocycles. The summed E-state index contributed by atoms with van der Waals surface area (Å²) in [4.78, 5) is 11.7. The number of amides is 1. The molecular weight excluding hydrogens is 304 g/mol. The molecule has 1 amide bonds. The van der Waals surface area contributed by atoms with E-state index in [2.05, 4.69) is 5.43 Å². The van der Waals surface area contributed by atoms with Gasteiger partial charge in [0.15, 0.2) is 0 Å². The zero-order valence-corrected chi connectivity index (χ0v) is 14.6. The molecule has 0 aromatic heterocycles. The second kappa shape index (κ2) is 7.84. The van der Waals surface area contributed by atoms with Crippen LogP contribution in [0.4, 0.5) is 4.79 Å². The molecule has 2 aromatic carbocycles. The number of ether oxygens (including phenoxy) is 2. The van der Waals surface area contributed by atoms with Crippen molar-refractivity contribution in [3.63, 3.8) is 0 Å². The smallest absolute Gasteiger partial charge is 0.422 e. The molecule has 5 nitrogen and oxygen atoms in total. The molecule has 2 rings (SSSR count). The Morgan fingerprint density at radius 2 is 1.58 bits per heavy atom. The van der Waals surface area contributed by atoms with Crippen molar-refractivity contribution in [3.05, 3.63) is 60.2 Å². The van der Waals surface area contributed by atoms with Gasteiger partial charge in [-0.05, 0) is 50.6 Å². The van der Waals surface area contributed by atoms with Crippen molar-refractivity contribution >= 4 is 6.09 Å². The van der Waals surface area contributed by atoms with Gasteiger partial charge in [-0.2, -0.15) is 0 Å². The van der Waals surface area contributed by atoms with E-state index in [0.717, 1.165) is 17.1 Å². The molecule has 0 unspecified atom stereocenters. The minimum atomic E-state index is -0.513. The first-order valence-corrected chi connectivity index (χ1v) is 7.84. The predicted octanol–water partition coefficient (Wildman–Crippen LogP) is 4.35. The fourth-order valence-electron chi connectivity index (χ4n) is 2.06. The summed E-state index contributed by atoms with van der Waals surface area (Å²) in [6.45, 7) is 6.05. The van der Waals surface area contributed by atoms with Crippen molar-refractivity contribution in [1.82, 2.24) is 10.4 Å². The van der Waals surface area contributed by atoms with E-state index in [9.17, 15) is 4.79 Å². The highest BCUT2D eigenvalue weighted by molar-refractivity contribution is 5.67. The Kier molecular flexibility index (Phi) is 5.82. The second-order valence-electron chi connectivity index (χ2n) is 6.53. The van der Waals surface area contributed by atoms with Gasteiger partial charge in [-0.1, -0.05) is 30.3 Å². The lowest BCUT2D eigenvalue weighted by Gasteiger charge is -2.23. The van der Waals surface area contributed by atoms with Gasteiger partial charge < -0.3 is 9.47 Å². The van der Waals surface area contributed by atoms with Crippen LogP contribution in [0.2, 0.25) is 0 Å². The minimum absolute atomic E-state index is 0.464. The van der Waals surface area contributed by atoms with E-state index in [1.807, 2.05) is 75.4 Å². The van der Waals surface area contributed by atoms with Crippen molar-refractivity contribution in [2.45, 2.75) is 32.9 Å². The molecule has 24 heavy (non-hydrogen) atoms. The Morgan fingerprint density at radius 1 is 1.00 bits per heavy atom. The molecule has 0 bridgehead atoms. The van der Waals surface area contributed by atoms with Gasteiger partial charge >= 0.3 is 6.09 Å². The average Bonchev–Trinajstić information content (AvgIpc) is 2.48. The predicted molar refractivity (Wildman–Crippen MR) is 93.8 cm³/mol. The standard InChI is InChI=1S/C19H24N2O3/c1-19(2,3)24-18(22)20-21(4)14-15-10-12-17(13-11-15)23-16-8-6-5-7-9-16/h5-13H,14H2,1-4H3,(H,20,22). The highest BCUT2D eigenvalue weighted by Crippen LogP contribution is 2.21. The Hall–Kier alpha value is -2.53. The van der Waals surface area contributed by atoms with Crippen LogP contribution in [0.25, 0.3) is 0 Å². The van der Waals surface area contributed by atoms with Crippen molar-refractivity contribution in [2.24, 2.45) is 0 Å². The molecule has 0 aliphatic carbocycles. The lowest BCUT2D eigenvalue weighted by atomic mass is 10.2. The van der Waals surface area contributed by atoms with E-state index in [1.165, 1.54) is 0 Å². The Balaban J connectivity index is 1.86. The minimum Gasteiger partial charge on any atom is -0.457 e. The summed E-state index contributed by atoms with van der Waals surface area (Å²) >= 11 is 0. The summed E-state index contributed by atoms with van der Waals surface area (Å²) in [5.41, 5.74) is 3.22. The molecule has 2 aromatic rings. The van der Waals surface area contributed by atoms with Crippen molar-refractivity contribution < 1.29 is 14.3 Å². The van der Waals surface area contributed by atoms with Crippen LogP contribution in [-0.4, -0.2) is 23.8 Å². The highest BCUT2D eigenvalue weighted by Gasteiger charge is 2.17. The zero-order valence-electron chi connectivity index (χ0n) is 14.6. The summed E-state index contributed by atoms with van der Waals surface area (Å²) in [6, 6.07) is 17.4. The van der Waals surface area contributed by atoms with Gasteiger partial charge in [0, 0.05) is 13.6 Å². The third kappa shape index (κ3) is 6.30. The molecule has 0 saturated heterocycles. The molecule has 0 saturated carbocycles. The number of nitrogens with zero attached hydrogens (tertiary/aromatic N) is 1. The van der Waals surface area contributed by atoms with Crippen LogP contribution in [0, 0.1) is 0 Å². The van der Waals surface area contributed by atoms with E-state index < -0.39 is 11.7 Å². The normalized spacial score (nSPS) is 11.2. The first kappa shape index (κ1) is 17.8. The topological polar surface area (TPSA) is 50.8 Å². The number of nitrogens with one attached hydrogen (secondary N) is 1. The lowest BCUT2D eigenvalue weighted by molar-refractivity contribution is 0.0359. The first-order chi connectivity index (χ1) is 11.3. The van der Waals surface area contributed by atoms with Gasteiger partial charge in [0.25, 0.3) is 0 Å². The van der Waals surface area contributed by atoms with E-state index in [-0.39, 0.29) is 0 Å². The van der Waals surface area contributed by atoms with Gasteiger partial charge in [-0.25, -0.2) is 9.80 Å². The molecule has 0 aliphatic rings. The molecule has 0 spiro atoms. The number of carbonyl (C=O) groups is 1. The van der Waals surface area contributed by atoms with Crippen molar-refractivity contribution in [2.75, 3.05) is 7.05 Å². The largest absolute Gasteiger partial charge is 0.457 e. The number of hydrazine groups is 1. The average molecular weight is 328 g/mol. The quantitative estimate of drug-likeness (QED) is 0.829. The van der Waals surface area contributed by atoms with Crippen LogP contribution in [0.5, 0.6) is 11.5 Å². The van der Waals surface area contributed by atoms with Crippen LogP contribution >= 0.6 is 0 Å². The molecule has 5 heteroatoms. The number of rotatable bonds is 5. The third-order valence-electron chi connectivity index (χ3n) is 3.00. The second-order valence-corrected chi connectivity index (χ2v) is 6.53. The van der Waals surface area contributed by atoms with Gasteiger partial charge in [-0.15, -0.1) is 0 Å². The fourth-order valence-corrected chi connectivity index (χ4v) is 2.06. The molecular formula is C19H24N2O3. The summed E-state index contributed by atoms with van der Waals surface area (Å²) in [7, 11) is 1.79. The van der Waals surface area contributed by atoms with Crippen LogP contribution in [-0.2, 0) is 11.3 Å². The van der Waals surface area contributed by atoms with Crippen molar-refractivity contribution in [3.8, 4) is 11.5 Å². The molecule has 128 valence electrons. The van der Waals surface area contributed by atoms with E-state index >= 15 is 0 Å². The number of benzene rings is 2. The summed E-state index contributed by atoms with van der Waals surface area (Å²) in [5, 5.41) is 1.68. The maximum Gasteiger partial charge on any atom is 0.422 e. The fraction of sp³-hybridized carbons (Fsp3) is 0.316. The number of hydrogen-bond donors (Lipinski definition) is 1. The van der Waals surface area contributed by atoms with E-state index in [4.69, 9.17) is 9.47 Å². The van der Waals surface area contributed by atoms with Crippen molar-refractivity contribution in [1.29, 1.82) is 0 Å². The number of hydrogen-bond acceptors (Lipinski definition) is 4. The Labute approximate surface area is 143 Å². The van der Waals surface area contributed by atoms with E-state index in [0.29, 0.717) is 6.54 Å². The van der Waals surface area contributed by atoms with Gasteiger partial charge in [0.05, 0.1) is 0 Å². The summed E-state index contributed by atoms with van der Waals surface area (Å²) in [6.07, 6.45) is -0.464. The van der Waals surface area contributed by atoms with Gasteiger partial charge in [0.2, 0.25) is 0 Å². The molecule has 0 heterocycles. The summed E-state index contributed by atoms with van der Waals surface area (Å²) < 4.78 is 11.0. The monoisotopic (exact) mass is 328 g/mol. The zero-order chi connectivity index (χ0) is 17.6. The Bertz CT molecular complexity index is 649. The molecule has 0 atom stereocenters. The van der Waals surface area contributed by atoms with Gasteiger partial charge in [0.1, 0.15) is 17.1 Å². The molecule has 0 radical (unpaired) electrons. The number of para-hydroxylation sites is 1. The van der Waals surface area contributed by atoms with Gasteiger partial charge in [-0.3, -0.25) is 5.43 Å². The van der Waals surface area contributed by atoms with Crippen LogP contribution in [0.3, 0.4) is 0 Å². The maximum absolute atomic E-state index is 11.7. The molecule has 0 fully saturated rings. The highest BCUT2D eigenvalue weighted by atomic mass is 16.6. The number of carbonyl (C=O) groups excluding carboxylic acids is 1. The van der Waals surface area contributed by atoms with Crippen LogP contribution in [0.15, 0.2) is 54.6 Å². The van der Waals surface area contributed by atoms with E-state index in [1.54, 1.807) is 12.1 Å². The molecule has 1 N–H and O–H groups in total.